The standard InChI is InChI=1S/C14H17N3O3S/c1-2-21(19,20)10-9-17-14(18)12-6-4-3-5-11(12)13-15-7-8-16-13/h3-8H,2,9-10H2,1H3,(H,15,16)(H,17,18). The fourth-order valence-corrected chi connectivity index (χ4v) is 2.56. The molecule has 0 saturated heterocycles. The number of benzene rings is 1. The van der Waals surface area contributed by atoms with Crippen LogP contribution in [-0.2, 0) is 9.84 Å². The number of nitrogens with one attached hydrogen (secondary N) is 2. The molecule has 0 unspecified atom stereocenters. The zero-order valence-corrected chi connectivity index (χ0v) is 12.5. The van der Waals surface area contributed by atoms with E-state index in [-0.39, 0.29) is 24.0 Å². The Morgan fingerprint density at radius 3 is 2.76 bits per heavy atom. The molecule has 2 rings (SSSR count). The molecule has 0 bridgehead atoms. The van der Waals surface area contributed by atoms with E-state index in [4.69, 9.17) is 0 Å². The third-order valence-corrected chi connectivity index (χ3v) is 4.77. The van der Waals surface area contributed by atoms with E-state index in [0.29, 0.717) is 17.0 Å². The van der Waals surface area contributed by atoms with Crippen LogP contribution in [0.5, 0.6) is 0 Å². The van der Waals surface area contributed by atoms with Gasteiger partial charge in [0.15, 0.2) is 9.84 Å². The molecule has 7 heteroatoms. The number of amides is 1. The summed E-state index contributed by atoms with van der Waals surface area (Å²) in [5.41, 5.74) is 1.14. The van der Waals surface area contributed by atoms with Crippen LogP contribution >= 0.6 is 0 Å². The lowest BCUT2D eigenvalue weighted by Gasteiger charge is -2.08. The van der Waals surface area contributed by atoms with Gasteiger partial charge in [-0.3, -0.25) is 4.79 Å². The number of hydrogen-bond donors (Lipinski definition) is 2. The molecule has 2 N–H and O–H groups in total. The van der Waals surface area contributed by atoms with Gasteiger partial charge in [-0.25, -0.2) is 13.4 Å². The molecule has 1 aromatic heterocycles. The Balaban J connectivity index is 2.10. The zero-order chi connectivity index (χ0) is 15.3. The van der Waals surface area contributed by atoms with E-state index in [0.717, 1.165) is 0 Å². The molecule has 1 heterocycles. The summed E-state index contributed by atoms with van der Waals surface area (Å²) < 4.78 is 22.8. The summed E-state index contributed by atoms with van der Waals surface area (Å²) in [6, 6.07) is 7.04. The zero-order valence-electron chi connectivity index (χ0n) is 11.7. The largest absolute Gasteiger partial charge is 0.351 e. The third-order valence-electron chi connectivity index (χ3n) is 3.06. The fraction of sp³-hybridized carbons (Fsp3) is 0.286. The van der Waals surface area contributed by atoms with Gasteiger partial charge >= 0.3 is 0 Å². The van der Waals surface area contributed by atoms with Crippen molar-refractivity contribution in [2.45, 2.75) is 6.92 Å². The highest BCUT2D eigenvalue weighted by Crippen LogP contribution is 2.19. The van der Waals surface area contributed by atoms with Gasteiger partial charge in [-0.05, 0) is 6.07 Å². The fourth-order valence-electron chi connectivity index (χ4n) is 1.86. The van der Waals surface area contributed by atoms with Gasteiger partial charge in [0.2, 0.25) is 0 Å². The average molecular weight is 307 g/mol. The van der Waals surface area contributed by atoms with Crippen molar-refractivity contribution in [1.29, 1.82) is 0 Å². The molecule has 1 aromatic carbocycles. The lowest BCUT2D eigenvalue weighted by Crippen LogP contribution is -2.30. The molecule has 0 spiro atoms. The number of imidazole rings is 1. The van der Waals surface area contributed by atoms with Crippen LogP contribution in [0.2, 0.25) is 0 Å². The van der Waals surface area contributed by atoms with E-state index in [1.54, 1.807) is 37.5 Å². The number of aromatic amines is 1. The molecule has 0 fully saturated rings. The Kier molecular flexibility index (Phi) is 4.74. The first kappa shape index (κ1) is 15.2. The van der Waals surface area contributed by atoms with Crippen LogP contribution in [0.15, 0.2) is 36.7 Å². The number of nitrogens with zero attached hydrogens (tertiary/aromatic N) is 1. The van der Waals surface area contributed by atoms with Gasteiger partial charge in [0.25, 0.3) is 5.91 Å². The number of aromatic nitrogens is 2. The number of rotatable bonds is 6. The highest BCUT2D eigenvalue weighted by Gasteiger charge is 2.14. The van der Waals surface area contributed by atoms with Crippen molar-refractivity contribution < 1.29 is 13.2 Å². The van der Waals surface area contributed by atoms with Crippen molar-refractivity contribution in [2.75, 3.05) is 18.1 Å². The van der Waals surface area contributed by atoms with E-state index in [9.17, 15) is 13.2 Å². The van der Waals surface area contributed by atoms with Crippen molar-refractivity contribution >= 4 is 15.7 Å². The Hall–Kier alpha value is -2.15. The van der Waals surface area contributed by atoms with Crippen LogP contribution in [0, 0.1) is 0 Å². The first-order valence-corrected chi connectivity index (χ1v) is 8.43. The number of hydrogen-bond acceptors (Lipinski definition) is 4. The molecule has 0 radical (unpaired) electrons. The van der Waals surface area contributed by atoms with Crippen LogP contribution < -0.4 is 5.32 Å². The molecule has 0 aliphatic rings. The molecule has 112 valence electrons. The van der Waals surface area contributed by atoms with Gasteiger partial charge in [0.05, 0.1) is 11.3 Å². The first-order valence-electron chi connectivity index (χ1n) is 6.61. The second kappa shape index (κ2) is 6.53. The number of carbonyl (C=O) groups is 1. The highest BCUT2D eigenvalue weighted by molar-refractivity contribution is 7.91. The summed E-state index contributed by atoms with van der Waals surface area (Å²) in [5.74, 6) is 0.305. The first-order chi connectivity index (χ1) is 10.0. The SMILES string of the molecule is CCS(=O)(=O)CCNC(=O)c1ccccc1-c1ncc[nH]1. The normalized spacial score (nSPS) is 11.3. The van der Waals surface area contributed by atoms with Gasteiger partial charge in [-0.2, -0.15) is 0 Å². The monoisotopic (exact) mass is 307 g/mol. The van der Waals surface area contributed by atoms with Gasteiger partial charge < -0.3 is 10.3 Å². The van der Waals surface area contributed by atoms with Crippen molar-refractivity contribution in [3.8, 4) is 11.4 Å². The van der Waals surface area contributed by atoms with E-state index < -0.39 is 9.84 Å². The van der Waals surface area contributed by atoms with E-state index in [1.807, 2.05) is 6.07 Å². The Morgan fingerprint density at radius 1 is 1.33 bits per heavy atom. The Labute approximate surface area is 123 Å². The maximum Gasteiger partial charge on any atom is 0.252 e. The molecule has 0 aliphatic heterocycles. The van der Waals surface area contributed by atoms with Crippen molar-refractivity contribution in [2.24, 2.45) is 0 Å². The third kappa shape index (κ3) is 3.91. The van der Waals surface area contributed by atoms with Crippen LogP contribution in [0.3, 0.4) is 0 Å². The van der Waals surface area contributed by atoms with Gasteiger partial charge in [-0.1, -0.05) is 25.1 Å². The second-order valence-corrected chi connectivity index (χ2v) is 6.95. The topological polar surface area (TPSA) is 91.9 Å². The number of H-pyrrole nitrogens is 1. The summed E-state index contributed by atoms with van der Waals surface area (Å²) in [6.07, 6.45) is 3.29. The van der Waals surface area contributed by atoms with Crippen LogP contribution in [0.25, 0.3) is 11.4 Å². The van der Waals surface area contributed by atoms with Crippen molar-refractivity contribution in [1.82, 2.24) is 15.3 Å². The van der Waals surface area contributed by atoms with Gasteiger partial charge in [0, 0.05) is 30.3 Å². The van der Waals surface area contributed by atoms with Gasteiger partial charge in [0.1, 0.15) is 5.82 Å². The minimum atomic E-state index is -3.08. The Bertz CT molecular complexity index is 709. The molecule has 6 nitrogen and oxygen atoms in total. The molecule has 0 saturated carbocycles. The lowest BCUT2D eigenvalue weighted by atomic mass is 10.1. The molecule has 1 amide bonds. The van der Waals surface area contributed by atoms with Crippen LogP contribution in [0.1, 0.15) is 17.3 Å². The van der Waals surface area contributed by atoms with Crippen molar-refractivity contribution in [3.05, 3.63) is 42.2 Å². The van der Waals surface area contributed by atoms with E-state index in [2.05, 4.69) is 15.3 Å². The van der Waals surface area contributed by atoms with Crippen molar-refractivity contribution in [3.63, 3.8) is 0 Å². The molecule has 2 aromatic rings. The highest BCUT2D eigenvalue weighted by atomic mass is 32.2. The van der Waals surface area contributed by atoms with Crippen LogP contribution in [-0.4, -0.2) is 42.3 Å². The minimum Gasteiger partial charge on any atom is -0.351 e. The summed E-state index contributed by atoms with van der Waals surface area (Å²) in [6.45, 7) is 1.69. The average Bonchev–Trinajstić information content (AvgIpc) is 3.01. The molecule has 21 heavy (non-hydrogen) atoms. The predicted molar refractivity (Wildman–Crippen MR) is 80.7 cm³/mol. The smallest absolute Gasteiger partial charge is 0.252 e. The maximum absolute atomic E-state index is 12.2. The molecular formula is C14H17N3O3S. The maximum atomic E-state index is 12.2. The number of sulfone groups is 1. The lowest BCUT2D eigenvalue weighted by molar-refractivity contribution is 0.0956. The summed E-state index contributed by atoms with van der Waals surface area (Å²) in [5, 5.41) is 2.63. The quantitative estimate of drug-likeness (QED) is 0.840. The molecule has 0 aliphatic carbocycles. The molecule has 0 atom stereocenters. The predicted octanol–water partition coefficient (Wildman–Crippen LogP) is 1.24. The Morgan fingerprint density at radius 2 is 2.10 bits per heavy atom. The number of carbonyl (C=O) groups excluding carboxylic acids is 1. The summed E-state index contributed by atoms with van der Waals surface area (Å²) in [7, 11) is -3.08. The minimum absolute atomic E-state index is 0.0574. The van der Waals surface area contributed by atoms with Gasteiger partial charge in [-0.15, -0.1) is 0 Å². The summed E-state index contributed by atoms with van der Waals surface area (Å²) in [4.78, 5) is 19.3. The van der Waals surface area contributed by atoms with E-state index in [1.165, 1.54) is 0 Å². The second-order valence-electron chi connectivity index (χ2n) is 4.48. The van der Waals surface area contributed by atoms with Crippen LogP contribution in [0.4, 0.5) is 0 Å². The summed E-state index contributed by atoms with van der Waals surface area (Å²) >= 11 is 0. The molecular weight excluding hydrogens is 290 g/mol. The van der Waals surface area contributed by atoms with E-state index >= 15 is 0 Å².